The van der Waals surface area contributed by atoms with Crippen LogP contribution in [0.4, 0.5) is 5.82 Å². The van der Waals surface area contributed by atoms with E-state index in [2.05, 4.69) is 38.8 Å². The lowest BCUT2D eigenvalue weighted by molar-refractivity contribution is 0.0952. The molecule has 2 heterocycles. The van der Waals surface area contributed by atoms with Crippen molar-refractivity contribution in [2.45, 2.75) is 6.42 Å². The Bertz CT molecular complexity index is 1180. The molecule has 148 valence electrons. The maximum atomic E-state index is 12.5. The summed E-state index contributed by atoms with van der Waals surface area (Å²) in [6.07, 6.45) is 2.66. The van der Waals surface area contributed by atoms with Gasteiger partial charge in [-0.1, -0.05) is 18.2 Å². The number of thiophene rings is 1. The molecule has 4 rings (SSSR count). The van der Waals surface area contributed by atoms with Gasteiger partial charge in [-0.25, -0.2) is 4.98 Å². The van der Waals surface area contributed by atoms with E-state index in [9.17, 15) is 4.79 Å². The molecule has 3 N–H and O–H groups in total. The number of fused-ring (bicyclic) bond motifs is 2. The standard InChI is InChI=1S/C23H24N4OS/c1-27(2)11-3-9-26-23(28)17-6-7-18-20(14-29-21(18)13-17)16-5-4-15-8-10-25-22(24)19(15)12-16/h4-8,10,12-14H,3,9,11H2,1-2H3,(H2,24,25)(H,26,28). The molecule has 6 heteroatoms. The normalized spacial score (nSPS) is 11.4. The Morgan fingerprint density at radius 2 is 2.00 bits per heavy atom. The summed E-state index contributed by atoms with van der Waals surface area (Å²) in [5.74, 6) is 0.516. The third kappa shape index (κ3) is 4.09. The second-order valence-corrected chi connectivity index (χ2v) is 8.32. The number of nitrogens with zero attached hydrogens (tertiary/aromatic N) is 2. The van der Waals surface area contributed by atoms with Crippen LogP contribution >= 0.6 is 11.3 Å². The molecule has 0 aliphatic carbocycles. The van der Waals surface area contributed by atoms with E-state index in [-0.39, 0.29) is 5.91 Å². The minimum absolute atomic E-state index is 0.0230. The van der Waals surface area contributed by atoms with Gasteiger partial charge in [0.15, 0.2) is 0 Å². The van der Waals surface area contributed by atoms with Crippen molar-refractivity contribution in [2.75, 3.05) is 32.9 Å². The number of carbonyl (C=O) groups is 1. The molecule has 0 saturated carbocycles. The molecule has 2 aromatic heterocycles. The molecule has 0 fully saturated rings. The first-order chi connectivity index (χ1) is 14.0. The van der Waals surface area contributed by atoms with Crippen molar-refractivity contribution in [1.82, 2.24) is 15.2 Å². The molecule has 5 nitrogen and oxygen atoms in total. The summed E-state index contributed by atoms with van der Waals surface area (Å²) in [5.41, 5.74) is 9.00. The summed E-state index contributed by atoms with van der Waals surface area (Å²) in [4.78, 5) is 18.8. The number of aromatic nitrogens is 1. The van der Waals surface area contributed by atoms with Crippen molar-refractivity contribution in [1.29, 1.82) is 0 Å². The number of benzene rings is 2. The topological polar surface area (TPSA) is 71.2 Å². The first-order valence-electron chi connectivity index (χ1n) is 9.62. The van der Waals surface area contributed by atoms with E-state index in [0.717, 1.165) is 45.0 Å². The quantitative estimate of drug-likeness (QED) is 0.468. The molecule has 2 aromatic carbocycles. The molecule has 0 saturated heterocycles. The highest BCUT2D eigenvalue weighted by molar-refractivity contribution is 7.17. The van der Waals surface area contributed by atoms with Crippen molar-refractivity contribution in [3.63, 3.8) is 0 Å². The zero-order valence-corrected chi connectivity index (χ0v) is 17.4. The van der Waals surface area contributed by atoms with E-state index in [1.54, 1.807) is 17.5 Å². The smallest absolute Gasteiger partial charge is 0.251 e. The fourth-order valence-corrected chi connectivity index (χ4v) is 4.46. The number of hydrogen-bond acceptors (Lipinski definition) is 5. The van der Waals surface area contributed by atoms with Gasteiger partial charge in [0, 0.05) is 39.3 Å². The third-order valence-electron chi connectivity index (χ3n) is 5.01. The van der Waals surface area contributed by atoms with Gasteiger partial charge in [0.2, 0.25) is 0 Å². The van der Waals surface area contributed by atoms with E-state index in [4.69, 9.17) is 5.73 Å². The third-order valence-corrected chi connectivity index (χ3v) is 5.96. The SMILES string of the molecule is CN(C)CCCNC(=O)c1ccc2c(-c3ccc4ccnc(N)c4c3)csc2c1. The van der Waals surface area contributed by atoms with Crippen LogP contribution in [-0.4, -0.2) is 43.0 Å². The Labute approximate surface area is 174 Å². The molecule has 29 heavy (non-hydrogen) atoms. The van der Waals surface area contributed by atoms with E-state index < -0.39 is 0 Å². The van der Waals surface area contributed by atoms with Gasteiger partial charge in [-0.05, 0) is 67.7 Å². The lowest BCUT2D eigenvalue weighted by Gasteiger charge is -2.10. The number of rotatable bonds is 6. The zero-order chi connectivity index (χ0) is 20.4. The van der Waals surface area contributed by atoms with Gasteiger partial charge in [0.1, 0.15) is 5.82 Å². The lowest BCUT2D eigenvalue weighted by Crippen LogP contribution is -2.27. The highest BCUT2D eigenvalue weighted by Crippen LogP contribution is 2.36. The number of carbonyl (C=O) groups excluding carboxylic acids is 1. The minimum atomic E-state index is -0.0230. The molecule has 0 aliphatic rings. The van der Waals surface area contributed by atoms with Gasteiger partial charge >= 0.3 is 0 Å². The Kier molecular flexibility index (Phi) is 5.47. The first-order valence-corrected chi connectivity index (χ1v) is 10.5. The Morgan fingerprint density at radius 3 is 2.83 bits per heavy atom. The molecular weight excluding hydrogens is 380 g/mol. The number of nitrogens with one attached hydrogen (secondary N) is 1. The first kappa shape index (κ1) is 19.4. The minimum Gasteiger partial charge on any atom is -0.383 e. The van der Waals surface area contributed by atoms with Crippen LogP contribution in [0.1, 0.15) is 16.8 Å². The van der Waals surface area contributed by atoms with E-state index in [0.29, 0.717) is 17.9 Å². The van der Waals surface area contributed by atoms with Crippen LogP contribution in [0.25, 0.3) is 32.0 Å². The fourth-order valence-electron chi connectivity index (χ4n) is 3.45. The number of amides is 1. The summed E-state index contributed by atoms with van der Waals surface area (Å²) in [7, 11) is 4.06. The molecule has 0 atom stereocenters. The van der Waals surface area contributed by atoms with Gasteiger partial charge < -0.3 is 16.0 Å². The average molecular weight is 405 g/mol. The van der Waals surface area contributed by atoms with Crippen LogP contribution in [-0.2, 0) is 0 Å². The number of nitrogens with two attached hydrogens (primary N) is 1. The summed E-state index contributed by atoms with van der Waals surface area (Å²) >= 11 is 1.65. The highest BCUT2D eigenvalue weighted by Gasteiger charge is 2.12. The number of hydrogen-bond donors (Lipinski definition) is 2. The van der Waals surface area contributed by atoms with Crippen molar-refractivity contribution >= 4 is 43.9 Å². The van der Waals surface area contributed by atoms with Crippen LogP contribution < -0.4 is 11.1 Å². The van der Waals surface area contributed by atoms with Crippen LogP contribution in [0.2, 0.25) is 0 Å². The molecular formula is C23H24N4OS. The number of nitrogen functional groups attached to an aromatic ring is 1. The summed E-state index contributed by atoms with van der Waals surface area (Å²) < 4.78 is 1.10. The average Bonchev–Trinajstić information content (AvgIpc) is 3.14. The summed E-state index contributed by atoms with van der Waals surface area (Å²) in [6, 6.07) is 14.1. The summed E-state index contributed by atoms with van der Waals surface area (Å²) in [5, 5.41) is 8.31. The zero-order valence-electron chi connectivity index (χ0n) is 16.6. The molecule has 0 spiro atoms. The Balaban J connectivity index is 1.59. The Morgan fingerprint density at radius 1 is 1.14 bits per heavy atom. The number of pyridine rings is 1. The fraction of sp³-hybridized carbons (Fsp3) is 0.217. The predicted octanol–water partition coefficient (Wildman–Crippen LogP) is 4.38. The van der Waals surface area contributed by atoms with Crippen LogP contribution in [0, 0.1) is 0 Å². The van der Waals surface area contributed by atoms with Crippen LogP contribution in [0.15, 0.2) is 54.0 Å². The van der Waals surface area contributed by atoms with E-state index in [1.807, 2.05) is 38.4 Å². The maximum Gasteiger partial charge on any atom is 0.251 e. The molecule has 1 amide bonds. The molecule has 4 aromatic rings. The molecule has 0 unspecified atom stereocenters. The van der Waals surface area contributed by atoms with Crippen molar-refractivity contribution in [3.05, 3.63) is 59.6 Å². The second-order valence-electron chi connectivity index (χ2n) is 7.41. The van der Waals surface area contributed by atoms with Crippen molar-refractivity contribution < 1.29 is 4.79 Å². The van der Waals surface area contributed by atoms with Gasteiger partial charge in [-0.3, -0.25) is 4.79 Å². The van der Waals surface area contributed by atoms with E-state index >= 15 is 0 Å². The van der Waals surface area contributed by atoms with Crippen molar-refractivity contribution in [3.8, 4) is 11.1 Å². The lowest BCUT2D eigenvalue weighted by atomic mass is 10.0. The van der Waals surface area contributed by atoms with Crippen molar-refractivity contribution in [2.24, 2.45) is 0 Å². The monoisotopic (exact) mass is 404 g/mol. The predicted molar refractivity (Wildman–Crippen MR) is 122 cm³/mol. The van der Waals surface area contributed by atoms with E-state index in [1.165, 1.54) is 0 Å². The Hall–Kier alpha value is -2.96. The van der Waals surface area contributed by atoms with Gasteiger partial charge in [0.05, 0.1) is 0 Å². The largest absolute Gasteiger partial charge is 0.383 e. The van der Waals surface area contributed by atoms with Crippen LogP contribution in [0.3, 0.4) is 0 Å². The van der Waals surface area contributed by atoms with Gasteiger partial charge in [-0.2, -0.15) is 0 Å². The molecule has 0 bridgehead atoms. The molecule has 0 radical (unpaired) electrons. The summed E-state index contributed by atoms with van der Waals surface area (Å²) in [6.45, 7) is 1.64. The van der Waals surface area contributed by atoms with Gasteiger partial charge in [-0.15, -0.1) is 11.3 Å². The maximum absolute atomic E-state index is 12.5. The molecule has 0 aliphatic heterocycles. The number of anilines is 1. The van der Waals surface area contributed by atoms with Gasteiger partial charge in [0.25, 0.3) is 5.91 Å². The second kappa shape index (κ2) is 8.19. The van der Waals surface area contributed by atoms with Crippen LogP contribution in [0.5, 0.6) is 0 Å². The highest BCUT2D eigenvalue weighted by atomic mass is 32.1.